The summed E-state index contributed by atoms with van der Waals surface area (Å²) in [6, 6.07) is 4.65. The zero-order valence-electron chi connectivity index (χ0n) is 10.4. The van der Waals surface area contributed by atoms with Gasteiger partial charge in [-0.2, -0.15) is 0 Å². The summed E-state index contributed by atoms with van der Waals surface area (Å²) in [5, 5.41) is 10.9. The predicted octanol–water partition coefficient (Wildman–Crippen LogP) is 1.92. The molecule has 0 amide bonds. The van der Waals surface area contributed by atoms with Crippen molar-refractivity contribution in [3.05, 3.63) is 44.8 Å². The molecule has 1 aromatic carbocycles. The normalized spacial score (nSPS) is 11.7. The summed E-state index contributed by atoms with van der Waals surface area (Å²) in [5.41, 5.74) is 3.24. The zero-order valence-corrected chi connectivity index (χ0v) is 13.6. The first-order valence-electron chi connectivity index (χ1n) is 5.79. The van der Waals surface area contributed by atoms with Crippen LogP contribution in [0.2, 0.25) is 0 Å². The van der Waals surface area contributed by atoms with Crippen LogP contribution in [0.25, 0.3) is 0 Å². The third-order valence-corrected chi connectivity index (χ3v) is 5.70. The Bertz CT molecular complexity index is 672. The van der Waals surface area contributed by atoms with Crippen LogP contribution in [0.3, 0.4) is 0 Å². The van der Waals surface area contributed by atoms with Crippen molar-refractivity contribution in [3.8, 4) is 0 Å². The van der Waals surface area contributed by atoms with Crippen LogP contribution in [0.15, 0.2) is 38.5 Å². The molecule has 0 radical (unpaired) electrons. The summed E-state index contributed by atoms with van der Waals surface area (Å²) < 4.78 is 27.3. The lowest BCUT2D eigenvalue weighted by Gasteiger charge is -2.09. The van der Waals surface area contributed by atoms with Crippen LogP contribution in [0.1, 0.15) is 11.3 Å². The van der Waals surface area contributed by atoms with Crippen molar-refractivity contribution < 1.29 is 13.5 Å². The van der Waals surface area contributed by atoms with Crippen molar-refractivity contribution in [1.29, 1.82) is 0 Å². The fourth-order valence-corrected chi connectivity index (χ4v) is 4.36. The molecule has 0 unspecified atom stereocenters. The number of aromatic nitrogens is 1. The molecule has 8 heteroatoms. The second-order valence-electron chi connectivity index (χ2n) is 4.05. The highest BCUT2D eigenvalue weighted by Crippen LogP contribution is 2.23. The summed E-state index contributed by atoms with van der Waals surface area (Å²) >= 11 is 4.69. The van der Waals surface area contributed by atoms with Gasteiger partial charge in [-0.05, 0) is 33.6 Å². The lowest BCUT2D eigenvalue weighted by atomic mass is 10.2. The Labute approximate surface area is 129 Å². The van der Waals surface area contributed by atoms with E-state index in [1.807, 2.05) is 5.38 Å². The summed E-state index contributed by atoms with van der Waals surface area (Å²) in [6.07, 6.45) is 0.551. The van der Waals surface area contributed by atoms with Gasteiger partial charge >= 0.3 is 0 Å². The number of aliphatic hydroxyl groups excluding tert-OH is 1. The van der Waals surface area contributed by atoms with Crippen molar-refractivity contribution in [2.75, 3.05) is 6.54 Å². The van der Waals surface area contributed by atoms with Crippen LogP contribution in [-0.2, 0) is 23.1 Å². The molecule has 2 rings (SSSR count). The number of benzene rings is 1. The van der Waals surface area contributed by atoms with Gasteiger partial charge in [0.05, 0.1) is 22.7 Å². The van der Waals surface area contributed by atoms with Crippen LogP contribution in [0.4, 0.5) is 0 Å². The van der Waals surface area contributed by atoms with E-state index in [9.17, 15) is 8.42 Å². The van der Waals surface area contributed by atoms with E-state index < -0.39 is 10.0 Å². The third-order valence-electron chi connectivity index (χ3n) is 2.63. The molecular weight excluding hydrogens is 364 g/mol. The average molecular weight is 377 g/mol. The van der Waals surface area contributed by atoms with Gasteiger partial charge in [0.15, 0.2) is 0 Å². The summed E-state index contributed by atoms with van der Waals surface area (Å²) in [4.78, 5) is 4.26. The maximum absolute atomic E-state index is 12.2. The topological polar surface area (TPSA) is 79.3 Å². The Balaban J connectivity index is 2.06. The quantitative estimate of drug-likeness (QED) is 0.806. The van der Waals surface area contributed by atoms with Gasteiger partial charge in [-0.3, -0.25) is 0 Å². The molecule has 1 heterocycles. The number of nitrogens with zero attached hydrogens (tertiary/aromatic N) is 1. The fourth-order valence-electron chi connectivity index (χ4n) is 1.61. The van der Waals surface area contributed by atoms with Gasteiger partial charge < -0.3 is 5.11 Å². The second kappa shape index (κ2) is 6.77. The van der Waals surface area contributed by atoms with E-state index in [2.05, 4.69) is 25.6 Å². The van der Waals surface area contributed by atoms with E-state index in [-0.39, 0.29) is 11.5 Å². The standard InChI is InChI=1S/C12H13BrN2O3S2/c13-11-5-9(6-16)1-2-12(11)20(17,18)15-4-3-10-7-19-8-14-10/h1-2,5,7-8,15-16H,3-4,6H2. The lowest BCUT2D eigenvalue weighted by Crippen LogP contribution is -2.26. The van der Waals surface area contributed by atoms with Crippen molar-refractivity contribution in [3.63, 3.8) is 0 Å². The number of nitrogens with one attached hydrogen (secondary N) is 1. The first-order chi connectivity index (χ1) is 9.53. The van der Waals surface area contributed by atoms with E-state index in [1.54, 1.807) is 17.6 Å². The molecule has 2 N–H and O–H groups in total. The minimum atomic E-state index is -3.57. The van der Waals surface area contributed by atoms with Crippen molar-refractivity contribution in [2.45, 2.75) is 17.9 Å². The van der Waals surface area contributed by atoms with Gasteiger partial charge in [0.1, 0.15) is 0 Å². The van der Waals surface area contributed by atoms with Gasteiger partial charge in [0.25, 0.3) is 0 Å². The Morgan fingerprint density at radius 2 is 2.20 bits per heavy atom. The molecule has 0 saturated carbocycles. The number of hydrogen-bond donors (Lipinski definition) is 2. The highest BCUT2D eigenvalue weighted by Gasteiger charge is 2.17. The molecule has 0 aliphatic carbocycles. The highest BCUT2D eigenvalue weighted by molar-refractivity contribution is 9.10. The summed E-state index contributed by atoms with van der Waals surface area (Å²) in [5.74, 6) is 0. The molecule has 2 aromatic rings. The molecular formula is C12H13BrN2O3S2. The fraction of sp³-hybridized carbons (Fsp3) is 0.250. The molecule has 0 bridgehead atoms. The number of sulfonamides is 1. The Morgan fingerprint density at radius 1 is 1.40 bits per heavy atom. The van der Waals surface area contributed by atoms with Crippen molar-refractivity contribution in [2.24, 2.45) is 0 Å². The minimum Gasteiger partial charge on any atom is -0.392 e. The first kappa shape index (κ1) is 15.6. The van der Waals surface area contributed by atoms with E-state index in [0.29, 0.717) is 23.0 Å². The largest absolute Gasteiger partial charge is 0.392 e. The van der Waals surface area contributed by atoms with Gasteiger partial charge in [-0.15, -0.1) is 11.3 Å². The average Bonchev–Trinajstić information content (AvgIpc) is 2.91. The van der Waals surface area contributed by atoms with E-state index in [1.165, 1.54) is 17.4 Å². The summed E-state index contributed by atoms with van der Waals surface area (Å²) in [6.45, 7) is 0.163. The lowest BCUT2D eigenvalue weighted by molar-refractivity contribution is 0.281. The molecule has 5 nitrogen and oxygen atoms in total. The van der Waals surface area contributed by atoms with E-state index in [0.717, 1.165) is 5.69 Å². The van der Waals surface area contributed by atoms with Crippen LogP contribution in [0.5, 0.6) is 0 Å². The Hall–Kier alpha value is -0.800. The second-order valence-corrected chi connectivity index (χ2v) is 7.36. The number of rotatable bonds is 6. The maximum Gasteiger partial charge on any atom is 0.241 e. The predicted molar refractivity (Wildman–Crippen MR) is 81.1 cm³/mol. The first-order valence-corrected chi connectivity index (χ1v) is 9.01. The Morgan fingerprint density at radius 3 is 2.80 bits per heavy atom. The van der Waals surface area contributed by atoms with E-state index in [4.69, 9.17) is 5.11 Å². The van der Waals surface area contributed by atoms with Crippen LogP contribution >= 0.6 is 27.3 Å². The van der Waals surface area contributed by atoms with Crippen molar-refractivity contribution >= 4 is 37.3 Å². The number of halogens is 1. The molecule has 0 aliphatic heterocycles. The van der Waals surface area contributed by atoms with Crippen molar-refractivity contribution in [1.82, 2.24) is 9.71 Å². The van der Waals surface area contributed by atoms with E-state index >= 15 is 0 Å². The number of aliphatic hydroxyl groups is 1. The molecule has 0 aliphatic rings. The minimum absolute atomic E-state index is 0.129. The molecule has 1 aromatic heterocycles. The van der Waals surface area contributed by atoms with Gasteiger partial charge in [-0.1, -0.05) is 6.07 Å². The number of hydrogen-bond acceptors (Lipinski definition) is 5. The maximum atomic E-state index is 12.2. The van der Waals surface area contributed by atoms with Gasteiger partial charge in [0, 0.05) is 22.8 Å². The summed E-state index contributed by atoms with van der Waals surface area (Å²) in [7, 11) is -3.57. The monoisotopic (exact) mass is 376 g/mol. The number of thiazole rings is 1. The van der Waals surface area contributed by atoms with Crippen LogP contribution in [-0.4, -0.2) is 25.1 Å². The SMILES string of the molecule is O=S(=O)(NCCc1cscn1)c1ccc(CO)cc1Br. The molecule has 0 saturated heterocycles. The van der Waals surface area contributed by atoms with Gasteiger partial charge in [0.2, 0.25) is 10.0 Å². The zero-order chi connectivity index (χ0) is 14.6. The smallest absolute Gasteiger partial charge is 0.241 e. The Kier molecular flexibility index (Phi) is 5.28. The third kappa shape index (κ3) is 3.86. The molecule has 0 atom stereocenters. The van der Waals surface area contributed by atoms with Gasteiger partial charge in [-0.25, -0.2) is 18.1 Å². The molecule has 0 fully saturated rings. The molecule has 0 spiro atoms. The molecule has 20 heavy (non-hydrogen) atoms. The molecule has 108 valence electrons. The highest BCUT2D eigenvalue weighted by atomic mass is 79.9. The van der Waals surface area contributed by atoms with Crippen LogP contribution < -0.4 is 4.72 Å². The van der Waals surface area contributed by atoms with Crippen LogP contribution in [0, 0.1) is 0 Å².